The molecule has 1 aromatic carbocycles. The van der Waals surface area contributed by atoms with Gasteiger partial charge in [-0.25, -0.2) is 0 Å². The van der Waals surface area contributed by atoms with Crippen LogP contribution in [0.25, 0.3) is 0 Å². The fourth-order valence-corrected chi connectivity index (χ4v) is 1.86. The van der Waals surface area contributed by atoms with E-state index in [4.69, 9.17) is 15.9 Å². The minimum absolute atomic E-state index is 0. The van der Waals surface area contributed by atoms with Crippen LogP contribution in [0.15, 0.2) is 24.3 Å². The molecular weight excluding hydrogens is 361 g/mol. The molecule has 1 aromatic rings. The van der Waals surface area contributed by atoms with Gasteiger partial charge in [0.25, 0.3) is 0 Å². The van der Waals surface area contributed by atoms with Crippen LogP contribution < -0.4 is 11.1 Å². The van der Waals surface area contributed by atoms with E-state index >= 15 is 0 Å². The highest BCUT2D eigenvalue weighted by Gasteiger charge is 2.30. The van der Waals surface area contributed by atoms with Crippen molar-refractivity contribution in [3.8, 4) is 0 Å². The highest BCUT2D eigenvalue weighted by atomic mass is 35.5. The number of carboxylic acids is 1. The first-order chi connectivity index (χ1) is 11.0. The first kappa shape index (κ1) is 25.9. The molecule has 5 nitrogen and oxygen atoms in total. The van der Waals surface area contributed by atoms with Crippen molar-refractivity contribution >= 4 is 18.4 Å². The molecule has 0 fully saturated rings. The van der Waals surface area contributed by atoms with Crippen molar-refractivity contribution in [1.29, 1.82) is 0 Å². The van der Waals surface area contributed by atoms with Gasteiger partial charge in [0.2, 0.25) is 0 Å². The fourth-order valence-electron chi connectivity index (χ4n) is 1.86. The van der Waals surface area contributed by atoms with E-state index < -0.39 is 29.9 Å². The van der Waals surface area contributed by atoms with Gasteiger partial charge in [-0.3, -0.25) is 4.79 Å². The molecule has 0 aliphatic rings. The van der Waals surface area contributed by atoms with Gasteiger partial charge in [0, 0.05) is 6.04 Å². The average molecular weight is 387 g/mol. The van der Waals surface area contributed by atoms with E-state index in [9.17, 15) is 18.0 Å². The Morgan fingerprint density at radius 2 is 1.88 bits per heavy atom. The third-order valence-electron chi connectivity index (χ3n) is 3.15. The molecule has 9 heteroatoms. The van der Waals surface area contributed by atoms with Crippen molar-refractivity contribution in [3.63, 3.8) is 0 Å². The molecule has 0 heterocycles. The molecule has 3 atom stereocenters. The number of alkyl halides is 3. The lowest BCUT2D eigenvalue weighted by Gasteiger charge is -2.13. The zero-order valence-electron chi connectivity index (χ0n) is 14.4. The standard InChI is InChI=1S/C12H16F3N.C4H9NO3.ClH/c1-3-16-9(2)7-10-5-4-6-11(8-10)12(13,14)15;1-2(6)3(5)4(7)8;/h4-6,8-9,16H,3,7H2,1-2H3;2-3,6H,5H2,1H3,(H,7,8);1H. The Hall–Kier alpha value is -1.35. The predicted molar refractivity (Wildman–Crippen MR) is 92.8 cm³/mol. The Balaban J connectivity index is 0. The molecule has 0 aliphatic heterocycles. The summed E-state index contributed by atoms with van der Waals surface area (Å²) in [5.41, 5.74) is 5.05. The molecule has 3 unspecified atom stereocenters. The molecule has 0 saturated heterocycles. The summed E-state index contributed by atoms with van der Waals surface area (Å²) >= 11 is 0. The zero-order valence-corrected chi connectivity index (χ0v) is 15.2. The molecule has 25 heavy (non-hydrogen) atoms. The molecule has 0 aromatic heterocycles. The van der Waals surface area contributed by atoms with Crippen molar-refractivity contribution in [2.75, 3.05) is 6.54 Å². The van der Waals surface area contributed by atoms with E-state index in [1.54, 1.807) is 6.07 Å². The van der Waals surface area contributed by atoms with Gasteiger partial charge in [0.15, 0.2) is 0 Å². The topological polar surface area (TPSA) is 95.6 Å². The lowest BCUT2D eigenvalue weighted by Crippen LogP contribution is -2.39. The average Bonchev–Trinajstić information content (AvgIpc) is 2.46. The summed E-state index contributed by atoms with van der Waals surface area (Å²) in [6.07, 6.45) is -4.62. The largest absolute Gasteiger partial charge is 0.480 e. The Labute approximate surface area is 151 Å². The van der Waals surface area contributed by atoms with Gasteiger partial charge in [-0.1, -0.05) is 25.1 Å². The third kappa shape index (κ3) is 11.0. The number of rotatable bonds is 6. The molecule has 0 radical (unpaired) electrons. The highest BCUT2D eigenvalue weighted by Crippen LogP contribution is 2.29. The van der Waals surface area contributed by atoms with Gasteiger partial charge in [0.05, 0.1) is 11.7 Å². The van der Waals surface area contributed by atoms with Crippen LogP contribution in [-0.4, -0.2) is 40.9 Å². The Morgan fingerprint density at radius 3 is 2.24 bits per heavy atom. The molecule has 0 spiro atoms. The SMILES string of the molecule is CC(O)C(N)C(=O)O.CCNC(C)Cc1cccc(C(F)(F)F)c1.Cl. The smallest absolute Gasteiger partial charge is 0.416 e. The summed E-state index contributed by atoms with van der Waals surface area (Å²) in [5, 5.41) is 19.7. The van der Waals surface area contributed by atoms with Crippen LogP contribution in [0, 0.1) is 0 Å². The third-order valence-corrected chi connectivity index (χ3v) is 3.15. The van der Waals surface area contributed by atoms with Gasteiger partial charge in [0.1, 0.15) is 6.04 Å². The number of hydrogen-bond acceptors (Lipinski definition) is 4. The molecular formula is C16H26ClF3N2O3. The maximum atomic E-state index is 12.4. The summed E-state index contributed by atoms with van der Waals surface area (Å²) in [4.78, 5) is 9.86. The highest BCUT2D eigenvalue weighted by molar-refractivity contribution is 5.85. The number of carbonyl (C=O) groups is 1. The molecule has 0 amide bonds. The summed E-state index contributed by atoms with van der Waals surface area (Å²) in [6.45, 7) is 6.09. The molecule has 0 bridgehead atoms. The van der Waals surface area contributed by atoms with Crippen LogP contribution in [0.5, 0.6) is 0 Å². The van der Waals surface area contributed by atoms with Gasteiger partial charge >= 0.3 is 12.1 Å². The number of nitrogens with two attached hydrogens (primary N) is 1. The minimum atomic E-state index is -4.25. The minimum Gasteiger partial charge on any atom is -0.480 e. The summed E-state index contributed by atoms with van der Waals surface area (Å²) in [5.74, 6) is -1.18. The second-order valence-corrected chi connectivity index (χ2v) is 5.47. The quantitative estimate of drug-likeness (QED) is 0.602. The van der Waals surface area contributed by atoms with E-state index in [1.165, 1.54) is 19.1 Å². The number of aliphatic hydroxyl groups excluding tert-OH is 1. The molecule has 0 aliphatic carbocycles. The molecule has 146 valence electrons. The maximum absolute atomic E-state index is 12.4. The van der Waals surface area contributed by atoms with Crippen LogP contribution in [0.4, 0.5) is 13.2 Å². The lowest BCUT2D eigenvalue weighted by molar-refractivity contribution is -0.141. The Bertz CT molecular complexity index is 514. The molecule has 0 saturated carbocycles. The number of likely N-dealkylation sites (N-methyl/N-ethyl adjacent to an activating group) is 1. The number of nitrogens with one attached hydrogen (secondary N) is 1. The molecule has 1 rings (SSSR count). The monoisotopic (exact) mass is 386 g/mol. The van der Waals surface area contributed by atoms with Gasteiger partial charge in [-0.15, -0.1) is 12.4 Å². The first-order valence-corrected chi connectivity index (χ1v) is 7.55. The van der Waals surface area contributed by atoms with Crippen LogP contribution in [0.2, 0.25) is 0 Å². The van der Waals surface area contributed by atoms with Crippen molar-refractivity contribution in [1.82, 2.24) is 5.32 Å². The first-order valence-electron chi connectivity index (χ1n) is 7.55. The van der Waals surface area contributed by atoms with Crippen LogP contribution >= 0.6 is 12.4 Å². The van der Waals surface area contributed by atoms with E-state index in [-0.39, 0.29) is 18.4 Å². The normalized spacial score (nSPS) is 14.4. The summed E-state index contributed by atoms with van der Waals surface area (Å²) in [6, 6.07) is 4.53. The number of aliphatic carboxylic acids is 1. The van der Waals surface area contributed by atoms with Crippen LogP contribution in [0.1, 0.15) is 31.9 Å². The number of halogens is 4. The molecule has 5 N–H and O–H groups in total. The summed E-state index contributed by atoms with van der Waals surface area (Å²) in [7, 11) is 0. The van der Waals surface area contributed by atoms with E-state index in [0.29, 0.717) is 12.0 Å². The predicted octanol–water partition coefficient (Wildman–Crippen LogP) is 2.45. The maximum Gasteiger partial charge on any atom is 0.416 e. The van der Waals surface area contributed by atoms with Crippen LogP contribution in [0.3, 0.4) is 0 Å². The van der Waals surface area contributed by atoms with Gasteiger partial charge < -0.3 is 21.3 Å². The number of aliphatic hydroxyl groups is 1. The van der Waals surface area contributed by atoms with Crippen LogP contribution in [-0.2, 0) is 17.4 Å². The van der Waals surface area contributed by atoms with E-state index in [1.807, 2.05) is 13.8 Å². The number of hydrogen-bond donors (Lipinski definition) is 4. The Kier molecular flexibility index (Phi) is 12.5. The number of benzene rings is 1. The van der Waals surface area contributed by atoms with Crippen molar-refractivity contribution in [2.24, 2.45) is 5.73 Å². The second kappa shape index (κ2) is 12.1. The Morgan fingerprint density at radius 1 is 1.32 bits per heavy atom. The van der Waals surface area contributed by atoms with Crippen molar-refractivity contribution < 1.29 is 28.2 Å². The number of carboxylic acid groups (broad SMARTS) is 1. The lowest BCUT2D eigenvalue weighted by atomic mass is 10.0. The van der Waals surface area contributed by atoms with Crippen molar-refractivity contribution in [2.45, 2.75) is 51.6 Å². The van der Waals surface area contributed by atoms with Gasteiger partial charge in [-0.2, -0.15) is 13.2 Å². The fraction of sp³-hybridized carbons (Fsp3) is 0.562. The van der Waals surface area contributed by atoms with E-state index in [2.05, 4.69) is 5.32 Å². The zero-order chi connectivity index (χ0) is 18.9. The van der Waals surface area contributed by atoms with Crippen molar-refractivity contribution in [3.05, 3.63) is 35.4 Å². The van der Waals surface area contributed by atoms with E-state index in [0.717, 1.165) is 12.6 Å². The van der Waals surface area contributed by atoms with Gasteiger partial charge in [-0.05, 0) is 38.4 Å². The second-order valence-electron chi connectivity index (χ2n) is 5.47. The summed E-state index contributed by atoms with van der Waals surface area (Å²) < 4.78 is 37.3.